The maximum absolute atomic E-state index is 11.1. The van der Waals surface area contributed by atoms with E-state index in [0.717, 1.165) is 30.4 Å². The summed E-state index contributed by atoms with van der Waals surface area (Å²) in [6.07, 6.45) is 6.75. The van der Waals surface area contributed by atoms with Gasteiger partial charge in [0.15, 0.2) is 0 Å². The van der Waals surface area contributed by atoms with E-state index >= 15 is 0 Å². The standard InChI is InChI=1S/C21H27NO/c1-4-5-16-21(23,19-9-7-6-8-10-19)17-15-18-11-13-20(14-12-18)22(2)3/h6-15,17,23H,4-5,16H2,1-3H3. The number of nitrogens with zero attached hydrogens (tertiary/aromatic N) is 1. The molecule has 0 aliphatic rings. The lowest BCUT2D eigenvalue weighted by Crippen LogP contribution is -2.22. The van der Waals surface area contributed by atoms with Crippen molar-refractivity contribution >= 4 is 11.8 Å². The quantitative estimate of drug-likeness (QED) is 0.791. The lowest BCUT2D eigenvalue weighted by Gasteiger charge is -2.25. The second kappa shape index (κ2) is 7.98. The first-order valence-electron chi connectivity index (χ1n) is 8.30. The summed E-state index contributed by atoms with van der Waals surface area (Å²) in [6, 6.07) is 18.3. The van der Waals surface area contributed by atoms with E-state index < -0.39 is 5.60 Å². The molecule has 1 N–H and O–H groups in total. The maximum Gasteiger partial charge on any atom is 0.108 e. The Bertz CT molecular complexity index is 616. The Hall–Kier alpha value is -2.06. The molecule has 2 aromatic rings. The minimum absolute atomic E-state index is 0.736. The highest BCUT2D eigenvalue weighted by Crippen LogP contribution is 2.29. The van der Waals surface area contributed by atoms with Crippen molar-refractivity contribution in [2.75, 3.05) is 19.0 Å². The second-order valence-electron chi connectivity index (χ2n) is 6.21. The van der Waals surface area contributed by atoms with E-state index in [9.17, 15) is 5.11 Å². The number of hydrogen-bond acceptors (Lipinski definition) is 2. The monoisotopic (exact) mass is 309 g/mol. The first-order chi connectivity index (χ1) is 11.0. The third-order valence-electron chi connectivity index (χ3n) is 4.15. The topological polar surface area (TPSA) is 23.5 Å². The highest BCUT2D eigenvalue weighted by molar-refractivity contribution is 5.56. The molecule has 0 saturated heterocycles. The van der Waals surface area contributed by atoms with E-state index in [-0.39, 0.29) is 0 Å². The van der Waals surface area contributed by atoms with Gasteiger partial charge in [0.2, 0.25) is 0 Å². The van der Waals surface area contributed by atoms with Crippen LogP contribution in [-0.4, -0.2) is 19.2 Å². The lowest BCUT2D eigenvalue weighted by molar-refractivity contribution is 0.0778. The highest BCUT2D eigenvalue weighted by Gasteiger charge is 2.24. The molecule has 0 saturated carbocycles. The summed E-state index contributed by atoms with van der Waals surface area (Å²) in [5, 5.41) is 11.1. The molecule has 0 heterocycles. The number of hydrogen-bond donors (Lipinski definition) is 1. The normalized spacial score (nSPS) is 13.9. The molecule has 2 rings (SSSR count). The highest BCUT2D eigenvalue weighted by atomic mass is 16.3. The van der Waals surface area contributed by atoms with Gasteiger partial charge in [-0.2, -0.15) is 0 Å². The van der Waals surface area contributed by atoms with E-state index in [1.165, 1.54) is 5.69 Å². The van der Waals surface area contributed by atoms with Gasteiger partial charge in [-0.05, 0) is 35.8 Å². The molecule has 2 aromatic carbocycles. The van der Waals surface area contributed by atoms with Crippen LogP contribution in [0.4, 0.5) is 5.69 Å². The molecule has 1 atom stereocenters. The Morgan fingerprint density at radius 1 is 1.00 bits per heavy atom. The molecule has 0 amide bonds. The van der Waals surface area contributed by atoms with Crippen LogP contribution in [0.1, 0.15) is 37.3 Å². The van der Waals surface area contributed by atoms with Crippen LogP contribution in [0, 0.1) is 0 Å². The average molecular weight is 309 g/mol. The summed E-state index contributed by atoms with van der Waals surface area (Å²) < 4.78 is 0. The van der Waals surface area contributed by atoms with Crippen LogP contribution in [-0.2, 0) is 5.60 Å². The van der Waals surface area contributed by atoms with Crippen molar-refractivity contribution in [3.05, 3.63) is 71.8 Å². The van der Waals surface area contributed by atoms with Crippen LogP contribution in [0.5, 0.6) is 0 Å². The van der Waals surface area contributed by atoms with Crippen LogP contribution in [0.25, 0.3) is 6.08 Å². The minimum Gasteiger partial charge on any atom is -0.381 e. The number of unbranched alkanes of at least 4 members (excludes halogenated alkanes) is 1. The third-order valence-corrected chi connectivity index (χ3v) is 4.15. The zero-order chi connectivity index (χ0) is 16.7. The van der Waals surface area contributed by atoms with Gasteiger partial charge in [0.05, 0.1) is 0 Å². The minimum atomic E-state index is -0.905. The van der Waals surface area contributed by atoms with Gasteiger partial charge < -0.3 is 10.0 Å². The Balaban J connectivity index is 2.23. The van der Waals surface area contributed by atoms with Gasteiger partial charge in [-0.1, -0.05) is 68.3 Å². The fraction of sp³-hybridized carbons (Fsp3) is 0.333. The van der Waals surface area contributed by atoms with Gasteiger partial charge in [-0.25, -0.2) is 0 Å². The molecule has 0 aliphatic carbocycles. The fourth-order valence-electron chi connectivity index (χ4n) is 2.61. The van der Waals surface area contributed by atoms with Crippen molar-refractivity contribution in [3.63, 3.8) is 0 Å². The molecule has 23 heavy (non-hydrogen) atoms. The molecule has 2 nitrogen and oxygen atoms in total. The van der Waals surface area contributed by atoms with Gasteiger partial charge in [0.1, 0.15) is 5.60 Å². The largest absolute Gasteiger partial charge is 0.381 e. The number of benzene rings is 2. The van der Waals surface area contributed by atoms with Crippen LogP contribution in [0.2, 0.25) is 0 Å². The van der Waals surface area contributed by atoms with E-state index in [2.05, 4.69) is 36.1 Å². The first kappa shape index (κ1) is 17.3. The molecular weight excluding hydrogens is 282 g/mol. The van der Waals surface area contributed by atoms with Crippen molar-refractivity contribution in [1.82, 2.24) is 0 Å². The Labute approximate surface area is 140 Å². The van der Waals surface area contributed by atoms with Crippen molar-refractivity contribution in [2.24, 2.45) is 0 Å². The average Bonchev–Trinajstić information content (AvgIpc) is 2.59. The van der Waals surface area contributed by atoms with Gasteiger partial charge in [0.25, 0.3) is 0 Å². The maximum atomic E-state index is 11.1. The van der Waals surface area contributed by atoms with Crippen LogP contribution in [0.3, 0.4) is 0 Å². The predicted octanol–water partition coefficient (Wildman–Crippen LogP) is 4.84. The zero-order valence-corrected chi connectivity index (χ0v) is 14.4. The van der Waals surface area contributed by atoms with Crippen LogP contribution < -0.4 is 4.90 Å². The van der Waals surface area contributed by atoms with Crippen molar-refractivity contribution in [1.29, 1.82) is 0 Å². The molecule has 0 radical (unpaired) electrons. The van der Waals surface area contributed by atoms with Gasteiger partial charge in [-0.15, -0.1) is 0 Å². The Morgan fingerprint density at radius 3 is 2.22 bits per heavy atom. The summed E-state index contributed by atoms with van der Waals surface area (Å²) in [7, 11) is 4.06. The summed E-state index contributed by atoms with van der Waals surface area (Å²) in [5.41, 5.74) is 2.32. The molecular formula is C21H27NO. The Kier molecular flexibility index (Phi) is 6.00. The summed E-state index contributed by atoms with van der Waals surface area (Å²) in [4.78, 5) is 2.08. The van der Waals surface area contributed by atoms with E-state index in [1.807, 2.05) is 56.6 Å². The molecule has 0 aliphatic heterocycles. The number of anilines is 1. The van der Waals surface area contributed by atoms with Crippen LogP contribution in [0.15, 0.2) is 60.7 Å². The lowest BCUT2D eigenvalue weighted by atomic mass is 9.87. The number of aliphatic hydroxyl groups is 1. The number of rotatable bonds is 7. The zero-order valence-electron chi connectivity index (χ0n) is 14.4. The van der Waals surface area contributed by atoms with Crippen LogP contribution >= 0.6 is 0 Å². The SMILES string of the molecule is CCCCC(O)(C=Cc1ccc(N(C)C)cc1)c1ccccc1. The summed E-state index contributed by atoms with van der Waals surface area (Å²) in [5.74, 6) is 0. The second-order valence-corrected chi connectivity index (χ2v) is 6.21. The Morgan fingerprint density at radius 2 is 1.65 bits per heavy atom. The summed E-state index contributed by atoms with van der Waals surface area (Å²) >= 11 is 0. The predicted molar refractivity (Wildman–Crippen MR) is 99.7 cm³/mol. The fourth-order valence-corrected chi connectivity index (χ4v) is 2.61. The van der Waals surface area contributed by atoms with Gasteiger partial charge >= 0.3 is 0 Å². The molecule has 2 heteroatoms. The van der Waals surface area contributed by atoms with Gasteiger partial charge in [0, 0.05) is 19.8 Å². The smallest absolute Gasteiger partial charge is 0.108 e. The molecule has 122 valence electrons. The first-order valence-corrected chi connectivity index (χ1v) is 8.30. The van der Waals surface area contributed by atoms with E-state index in [0.29, 0.717) is 0 Å². The third kappa shape index (κ3) is 4.70. The molecule has 0 bridgehead atoms. The van der Waals surface area contributed by atoms with Crippen molar-refractivity contribution in [2.45, 2.75) is 31.8 Å². The summed E-state index contributed by atoms with van der Waals surface area (Å²) in [6.45, 7) is 2.15. The molecule has 0 fully saturated rings. The molecule has 0 aromatic heterocycles. The van der Waals surface area contributed by atoms with E-state index in [4.69, 9.17) is 0 Å². The molecule has 0 spiro atoms. The van der Waals surface area contributed by atoms with Crippen molar-refractivity contribution < 1.29 is 5.11 Å². The van der Waals surface area contributed by atoms with E-state index in [1.54, 1.807) is 0 Å². The molecule has 1 unspecified atom stereocenters. The van der Waals surface area contributed by atoms with Crippen molar-refractivity contribution in [3.8, 4) is 0 Å². The van der Waals surface area contributed by atoms with Gasteiger partial charge in [-0.3, -0.25) is 0 Å².